The van der Waals surface area contributed by atoms with Crippen LogP contribution in [0.4, 0.5) is 0 Å². The first-order chi connectivity index (χ1) is 15.3. The monoisotopic (exact) mass is 1170 g/mol. The van der Waals surface area contributed by atoms with Gasteiger partial charge in [0.05, 0.1) is 24.6 Å². The van der Waals surface area contributed by atoms with Crippen molar-refractivity contribution in [3.05, 3.63) is 0 Å². The fourth-order valence-corrected chi connectivity index (χ4v) is 3.69. The van der Waals surface area contributed by atoms with E-state index in [0.29, 0.717) is 32.3 Å². The fourth-order valence-electron chi connectivity index (χ4n) is 2.90. The van der Waals surface area contributed by atoms with Crippen LogP contribution in [0.1, 0.15) is 6.92 Å². The Balaban J connectivity index is -0.000000369. The van der Waals surface area contributed by atoms with E-state index in [4.69, 9.17) is 10.5 Å². The maximum absolute atomic E-state index is 10.7. The van der Waals surface area contributed by atoms with Gasteiger partial charge in [0.1, 0.15) is 5.92 Å². The van der Waals surface area contributed by atoms with Crippen molar-refractivity contribution in [2.75, 3.05) is 53.4 Å². The van der Waals surface area contributed by atoms with Crippen LogP contribution in [0.5, 0.6) is 0 Å². The van der Waals surface area contributed by atoms with Crippen molar-refractivity contribution in [3.63, 3.8) is 0 Å². The number of ketones is 1. The average molecular weight is 1170 g/mol. The zero-order valence-electron chi connectivity index (χ0n) is 18.5. The molecule has 1 N–H and O–H groups in total. The van der Waals surface area contributed by atoms with Gasteiger partial charge in [0.25, 0.3) is 0 Å². The molecule has 3 rings (SSSR count). The third-order valence-corrected chi connectivity index (χ3v) is 5.35. The molecule has 0 aromatic carbocycles. The SMILES string of the molecule is CN=C1CN(P)CC1C#N.CN=C1CNCC1C.I.II.I[I-]I.N#CC1CN(P)CC1=O. The quantitative estimate of drug-likeness (QED) is 0.292. The normalized spacial score (nSPS) is 26.3. The molecular weight excluding hydrogens is 1140 g/mol. The van der Waals surface area contributed by atoms with Crippen LogP contribution in [0, 0.1) is 40.4 Å². The molecule has 3 aliphatic rings. The van der Waals surface area contributed by atoms with E-state index in [9.17, 15) is 4.79 Å². The molecule has 5 unspecified atom stereocenters. The number of halogens is 6. The number of rotatable bonds is 0. The topological polar surface area (TPSA) is 108 Å². The molecule has 5 atom stereocenters. The van der Waals surface area contributed by atoms with E-state index in [1.54, 1.807) is 11.7 Å². The summed E-state index contributed by atoms with van der Waals surface area (Å²) >= 11 is 9.54. The number of aliphatic imine (C=N–C) groups is 2. The maximum Gasteiger partial charge on any atom is 0.165 e. The number of nitrogens with one attached hydrogen (secondary N) is 1. The van der Waals surface area contributed by atoms with Gasteiger partial charge in [-0.05, 0) is 0 Å². The first-order valence-electron chi connectivity index (χ1n) is 9.22. The zero-order chi connectivity index (χ0) is 25.1. The molecule has 3 saturated heterocycles. The Morgan fingerprint density at radius 2 is 1.48 bits per heavy atom. The Labute approximate surface area is 273 Å². The first kappa shape index (κ1) is 40.6. The molecular formula is C17H30I6N7OP2-. The average Bonchev–Trinajstić information content (AvgIpc) is 3.47. The van der Waals surface area contributed by atoms with Gasteiger partial charge in [-0.15, -0.1) is 24.0 Å². The Bertz CT molecular complexity index is 690. The van der Waals surface area contributed by atoms with Gasteiger partial charge in [0.2, 0.25) is 0 Å². The van der Waals surface area contributed by atoms with Gasteiger partial charge in [-0.3, -0.25) is 24.1 Å². The minimum atomic E-state index is -0.387. The molecule has 33 heavy (non-hydrogen) atoms. The van der Waals surface area contributed by atoms with Gasteiger partial charge in [-0.2, -0.15) is 10.5 Å². The summed E-state index contributed by atoms with van der Waals surface area (Å²) in [5.74, 6) is 0.331. The molecule has 0 aliphatic carbocycles. The van der Waals surface area contributed by atoms with Crippen LogP contribution in [-0.2, 0) is 4.79 Å². The number of carbonyl (C=O) groups excluding carboxylic acids is 1. The minimum Gasteiger partial charge on any atom is -0.297 e. The zero-order valence-corrected chi connectivity index (χ0v) is 33.9. The van der Waals surface area contributed by atoms with Crippen LogP contribution in [0.3, 0.4) is 0 Å². The standard InChI is InChI=1S/C6H10N3P.C6H12N2.C5H7N2OP.I3.I2.HI/c1-8-6-4-9(10)3-5(6)2-7;1-5-3-8-4-6(5)7-2;6-1-4-2-7(9)3-5(4)8;1-3-2;1-2;/h5H,3-4,10H2,1H3;5,8H,3-4H2,1-2H3;4H,2-3,9H2;;;1H/q;;;-1;;. The maximum atomic E-state index is 10.7. The van der Waals surface area contributed by atoms with Gasteiger partial charge in [-0.1, -0.05) is 25.7 Å². The van der Waals surface area contributed by atoms with Crippen molar-refractivity contribution in [2.24, 2.45) is 27.7 Å². The van der Waals surface area contributed by atoms with Crippen molar-refractivity contribution in [1.29, 1.82) is 10.5 Å². The van der Waals surface area contributed by atoms with Crippen molar-refractivity contribution < 1.29 is 18.0 Å². The molecule has 0 saturated carbocycles. The molecule has 0 amide bonds. The van der Waals surface area contributed by atoms with Crippen LogP contribution in [0.25, 0.3) is 0 Å². The Morgan fingerprint density at radius 3 is 1.73 bits per heavy atom. The van der Waals surface area contributed by atoms with E-state index < -0.39 is 0 Å². The molecule has 3 heterocycles. The minimum absolute atomic E-state index is 0. The van der Waals surface area contributed by atoms with E-state index in [2.05, 4.69) is 122 Å². The number of Topliss-reactive ketones (excluding diaryl/α,β-unsaturated/α-hetero) is 1. The second kappa shape index (κ2) is 26.7. The molecule has 16 heteroatoms. The summed E-state index contributed by atoms with van der Waals surface area (Å²) < 4.78 is 3.80. The largest absolute Gasteiger partial charge is 0.297 e. The molecule has 3 aliphatic heterocycles. The van der Waals surface area contributed by atoms with Gasteiger partial charge >= 0.3 is 50.5 Å². The van der Waals surface area contributed by atoms with E-state index in [1.807, 2.05) is 17.8 Å². The van der Waals surface area contributed by atoms with E-state index in [0.717, 1.165) is 31.9 Å². The predicted octanol–water partition coefficient (Wildman–Crippen LogP) is 1.56. The van der Waals surface area contributed by atoms with Crippen molar-refractivity contribution in [3.8, 4) is 12.1 Å². The molecule has 3 fully saturated rings. The predicted molar refractivity (Wildman–Crippen MR) is 186 cm³/mol. The Morgan fingerprint density at radius 1 is 1.03 bits per heavy atom. The smallest absolute Gasteiger partial charge is 0.165 e. The summed E-state index contributed by atoms with van der Waals surface area (Å²) in [5, 5.41) is 20.2. The summed E-state index contributed by atoms with van der Waals surface area (Å²) in [4.78, 5) is 18.9. The molecule has 0 bridgehead atoms. The van der Waals surface area contributed by atoms with Crippen LogP contribution in [-0.4, -0.2) is 79.9 Å². The van der Waals surface area contributed by atoms with Crippen LogP contribution >= 0.6 is 117 Å². The van der Waals surface area contributed by atoms with Crippen molar-refractivity contribution in [2.45, 2.75) is 6.92 Å². The van der Waals surface area contributed by atoms with Gasteiger partial charge < -0.3 is 5.32 Å². The van der Waals surface area contributed by atoms with Gasteiger partial charge in [0, 0.05) is 101 Å². The number of carbonyl (C=O) groups is 1. The Kier molecular flexibility index (Phi) is 32.9. The van der Waals surface area contributed by atoms with Crippen LogP contribution in [0.15, 0.2) is 9.98 Å². The summed E-state index contributed by atoms with van der Waals surface area (Å²) in [6.07, 6.45) is 0. The van der Waals surface area contributed by atoms with Gasteiger partial charge in [-0.25, -0.2) is 0 Å². The second-order valence-corrected chi connectivity index (χ2v) is 24.4. The van der Waals surface area contributed by atoms with Gasteiger partial charge in [0.15, 0.2) is 5.78 Å². The molecule has 0 aromatic heterocycles. The number of hydrogen-bond acceptors (Lipinski definition) is 8. The molecule has 8 nitrogen and oxygen atoms in total. The second-order valence-electron chi connectivity index (χ2n) is 6.70. The van der Waals surface area contributed by atoms with Crippen LogP contribution in [0.2, 0.25) is 0 Å². The van der Waals surface area contributed by atoms with E-state index in [-0.39, 0.29) is 41.6 Å². The first-order valence-corrected chi connectivity index (χ1v) is 29.1. The van der Waals surface area contributed by atoms with Crippen molar-refractivity contribution >= 4 is 134 Å². The molecule has 0 spiro atoms. The summed E-state index contributed by atoms with van der Waals surface area (Å²) in [6, 6.07) is 4.15. The third kappa shape index (κ3) is 18.9. The number of nitriles is 2. The van der Waals surface area contributed by atoms with E-state index >= 15 is 0 Å². The molecule has 0 radical (unpaired) electrons. The Hall–Kier alpha value is 3.11. The third-order valence-electron chi connectivity index (χ3n) is 4.56. The number of hydrogen-bond donors (Lipinski definition) is 1. The van der Waals surface area contributed by atoms with Crippen LogP contribution < -0.4 is 18.6 Å². The summed E-state index contributed by atoms with van der Waals surface area (Å²) in [6.45, 7) is 6.89. The van der Waals surface area contributed by atoms with E-state index in [1.165, 1.54) is 5.71 Å². The summed E-state index contributed by atoms with van der Waals surface area (Å²) in [5.41, 5.74) is 2.31. The fraction of sp³-hybridized carbons (Fsp3) is 0.706. The van der Waals surface area contributed by atoms with Crippen molar-refractivity contribution in [1.82, 2.24) is 14.7 Å². The summed E-state index contributed by atoms with van der Waals surface area (Å²) in [7, 11) is 8.59. The molecule has 0 aromatic rings. The molecule has 192 valence electrons. The number of nitrogens with zero attached hydrogens (tertiary/aromatic N) is 6.